The van der Waals surface area contributed by atoms with Crippen molar-refractivity contribution < 1.29 is 38.7 Å². The summed E-state index contributed by atoms with van der Waals surface area (Å²) in [6.45, 7) is -0.574. The first-order valence-corrected chi connectivity index (χ1v) is 6.29. The Morgan fingerprint density at radius 1 is 1.05 bits per heavy atom. The van der Waals surface area contributed by atoms with Crippen LogP contribution in [0.25, 0.3) is 0 Å². The second-order valence-electron chi connectivity index (χ2n) is 4.68. The third-order valence-corrected chi connectivity index (χ3v) is 3.23. The van der Waals surface area contributed by atoms with E-state index in [0.717, 1.165) is 12.1 Å². The summed E-state index contributed by atoms with van der Waals surface area (Å²) in [5.74, 6) is 0.142. The Morgan fingerprint density at radius 2 is 1.67 bits per heavy atom. The predicted octanol–water partition coefficient (Wildman–Crippen LogP) is -0.197. The largest absolute Gasteiger partial charge is 0.462 e. The first-order chi connectivity index (χ1) is 9.93. The maximum absolute atomic E-state index is 12.4. The van der Waals surface area contributed by atoms with Gasteiger partial charge in [-0.15, -0.1) is 0 Å². The van der Waals surface area contributed by atoms with Crippen LogP contribution < -0.4 is 4.74 Å². The number of alkyl halides is 2. The summed E-state index contributed by atoms with van der Waals surface area (Å²) in [6, 6.07) is 4.85. The van der Waals surface area contributed by atoms with E-state index in [4.69, 9.17) is 14.6 Å². The second kappa shape index (κ2) is 6.63. The molecule has 5 atom stereocenters. The Labute approximate surface area is 119 Å². The van der Waals surface area contributed by atoms with Gasteiger partial charge in [-0.3, -0.25) is 0 Å². The standard InChI is InChI=1S/C13H16F2O6/c14-12(15)6-1-3-7(4-2-6)20-13-11(19)10(18)9(17)8(5-16)21-13/h1-4,8-13,16-19H,5H2/t8-,9-,10+,11-,13-/m1/s1. The smallest absolute Gasteiger partial charge is 0.263 e. The van der Waals surface area contributed by atoms with Gasteiger partial charge in [0.05, 0.1) is 6.61 Å². The van der Waals surface area contributed by atoms with Crippen LogP contribution in [0.5, 0.6) is 5.75 Å². The van der Waals surface area contributed by atoms with Crippen molar-refractivity contribution in [2.24, 2.45) is 0 Å². The minimum absolute atomic E-state index is 0.142. The zero-order valence-electron chi connectivity index (χ0n) is 10.8. The Morgan fingerprint density at radius 3 is 2.19 bits per heavy atom. The highest BCUT2D eigenvalue weighted by Gasteiger charge is 2.44. The van der Waals surface area contributed by atoms with E-state index in [1.54, 1.807) is 0 Å². The molecule has 0 aromatic heterocycles. The molecule has 1 aliphatic heterocycles. The monoisotopic (exact) mass is 306 g/mol. The fraction of sp³-hybridized carbons (Fsp3) is 0.538. The second-order valence-corrected chi connectivity index (χ2v) is 4.68. The average molecular weight is 306 g/mol. The molecule has 0 bridgehead atoms. The normalized spacial score (nSPS) is 33.2. The van der Waals surface area contributed by atoms with Crippen molar-refractivity contribution in [3.05, 3.63) is 29.8 Å². The molecule has 1 aromatic rings. The van der Waals surface area contributed by atoms with E-state index in [1.807, 2.05) is 0 Å². The lowest BCUT2D eigenvalue weighted by Gasteiger charge is -2.39. The van der Waals surface area contributed by atoms with Crippen LogP contribution in [0, 0.1) is 0 Å². The molecule has 0 aliphatic carbocycles. The fourth-order valence-electron chi connectivity index (χ4n) is 1.99. The third kappa shape index (κ3) is 3.47. The number of ether oxygens (including phenoxy) is 2. The number of halogens is 2. The number of aliphatic hydroxyl groups excluding tert-OH is 4. The molecule has 0 spiro atoms. The molecule has 0 radical (unpaired) electrons. The lowest BCUT2D eigenvalue weighted by molar-refractivity contribution is -0.277. The first kappa shape index (κ1) is 16.1. The third-order valence-electron chi connectivity index (χ3n) is 3.23. The van der Waals surface area contributed by atoms with Crippen LogP contribution >= 0.6 is 0 Å². The summed E-state index contributed by atoms with van der Waals surface area (Å²) < 4.78 is 35.2. The van der Waals surface area contributed by atoms with Crippen molar-refractivity contribution in [2.45, 2.75) is 37.1 Å². The van der Waals surface area contributed by atoms with Crippen molar-refractivity contribution in [2.75, 3.05) is 6.61 Å². The summed E-state index contributed by atoms with van der Waals surface area (Å²) in [5.41, 5.74) is -0.184. The summed E-state index contributed by atoms with van der Waals surface area (Å²) in [5, 5.41) is 38.0. The molecule has 21 heavy (non-hydrogen) atoms. The minimum atomic E-state index is -2.61. The number of benzene rings is 1. The van der Waals surface area contributed by atoms with Crippen LogP contribution in [-0.4, -0.2) is 57.7 Å². The van der Waals surface area contributed by atoms with Crippen LogP contribution in [0.4, 0.5) is 8.78 Å². The van der Waals surface area contributed by atoms with Gasteiger partial charge in [-0.1, -0.05) is 0 Å². The molecule has 1 fully saturated rings. The van der Waals surface area contributed by atoms with E-state index in [0.29, 0.717) is 0 Å². The lowest BCUT2D eigenvalue weighted by Crippen LogP contribution is -2.60. The summed E-state index contributed by atoms with van der Waals surface area (Å²) in [6.07, 6.45) is -9.61. The fourth-order valence-corrected chi connectivity index (χ4v) is 1.99. The molecule has 6 nitrogen and oxygen atoms in total. The topological polar surface area (TPSA) is 99.4 Å². The molecule has 1 aromatic carbocycles. The minimum Gasteiger partial charge on any atom is -0.462 e. The molecular weight excluding hydrogens is 290 g/mol. The highest BCUT2D eigenvalue weighted by Crippen LogP contribution is 2.26. The molecule has 8 heteroatoms. The lowest BCUT2D eigenvalue weighted by atomic mass is 9.99. The van der Waals surface area contributed by atoms with Crippen molar-refractivity contribution >= 4 is 0 Å². The van der Waals surface area contributed by atoms with E-state index >= 15 is 0 Å². The molecule has 118 valence electrons. The van der Waals surface area contributed by atoms with Crippen molar-refractivity contribution in [3.63, 3.8) is 0 Å². The first-order valence-electron chi connectivity index (χ1n) is 6.29. The number of hydrogen-bond donors (Lipinski definition) is 4. The van der Waals surface area contributed by atoms with Crippen LogP contribution in [0.3, 0.4) is 0 Å². The molecule has 4 N–H and O–H groups in total. The van der Waals surface area contributed by atoms with E-state index in [-0.39, 0.29) is 11.3 Å². The van der Waals surface area contributed by atoms with Gasteiger partial charge in [-0.05, 0) is 24.3 Å². The number of hydrogen-bond acceptors (Lipinski definition) is 6. The quantitative estimate of drug-likeness (QED) is 0.615. The molecule has 2 rings (SSSR count). The Balaban J connectivity index is 2.07. The van der Waals surface area contributed by atoms with E-state index in [1.165, 1.54) is 12.1 Å². The molecule has 1 saturated heterocycles. The maximum Gasteiger partial charge on any atom is 0.263 e. The van der Waals surface area contributed by atoms with Crippen LogP contribution in [0.2, 0.25) is 0 Å². The SMILES string of the molecule is OC[C@H]1O[C@@H](Oc2ccc(C(F)F)cc2)[C@H](O)[C@@H](O)[C@@H]1O. The summed E-state index contributed by atoms with van der Waals surface area (Å²) >= 11 is 0. The number of aliphatic hydroxyl groups is 4. The molecule has 0 amide bonds. The Hall–Kier alpha value is -1.32. The van der Waals surface area contributed by atoms with Gasteiger partial charge in [0.15, 0.2) is 0 Å². The van der Waals surface area contributed by atoms with Gasteiger partial charge >= 0.3 is 0 Å². The zero-order chi connectivity index (χ0) is 15.6. The zero-order valence-corrected chi connectivity index (χ0v) is 10.8. The molecule has 1 aliphatic rings. The van der Waals surface area contributed by atoms with Crippen molar-refractivity contribution in [3.8, 4) is 5.75 Å². The number of rotatable bonds is 4. The van der Waals surface area contributed by atoms with Gasteiger partial charge in [0, 0.05) is 5.56 Å². The average Bonchev–Trinajstić information content (AvgIpc) is 2.48. The molecule has 0 saturated carbocycles. The van der Waals surface area contributed by atoms with Gasteiger partial charge < -0.3 is 29.9 Å². The molecular formula is C13H16F2O6. The van der Waals surface area contributed by atoms with Crippen LogP contribution in [0.15, 0.2) is 24.3 Å². The van der Waals surface area contributed by atoms with Crippen molar-refractivity contribution in [1.29, 1.82) is 0 Å². The maximum atomic E-state index is 12.4. The highest BCUT2D eigenvalue weighted by molar-refractivity contribution is 5.28. The Bertz CT molecular complexity index is 452. The summed E-state index contributed by atoms with van der Waals surface area (Å²) in [7, 11) is 0. The van der Waals surface area contributed by atoms with E-state index < -0.39 is 43.7 Å². The van der Waals surface area contributed by atoms with Crippen molar-refractivity contribution in [1.82, 2.24) is 0 Å². The van der Waals surface area contributed by atoms with Crippen LogP contribution in [0.1, 0.15) is 12.0 Å². The van der Waals surface area contributed by atoms with Gasteiger partial charge in [0.25, 0.3) is 6.43 Å². The van der Waals surface area contributed by atoms with Gasteiger partial charge in [-0.25, -0.2) is 8.78 Å². The Kier molecular flexibility index (Phi) is 5.07. The molecule has 0 unspecified atom stereocenters. The summed E-state index contributed by atoms with van der Waals surface area (Å²) in [4.78, 5) is 0. The molecule has 1 heterocycles. The van der Waals surface area contributed by atoms with Gasteiger partial charge in [-0.2, -0.15) is 0 Å². The van der Waals surface area contributed by atoms with Crippen LogP contribution in [-0.2, 0) is 4.74 Å². The van der Waals surface area contributed by atoms with Gasteiger partial charge in [0.1, 0.15) is 30.2 Å². The van der Waals surface area contributed by atoms with E-state index in [9.17, 15) is 24.1 Å². The van der Waals surface area contributed by atoms with Gasteiger partial charge in [0.2, 0.25) is 6.29 Å². The predicted molar refractivity (Wildman–Crippen MR) is 65.8 cm³/mol. The highest BCUT2D eigenvalue weighted by atomic mass is 19.3. The van der Waals surface area contributed by atoms with E-state index in [2.05, 4.69) is 0 Å².